The number of carbonyl (C=O) groups is 1. The zero-order chi connectivity index (χ0) is 14.5. The molecule has 4 heteroatoms. The molecule has 0 N–H and O–H groups in total. The van der Waals surface area contributed by atoms with Crippen LogP contribution in [0.2, 0.25) is 0 Å². The molecule has 0 atom stereocenters. The van der Waals surface area contributed by atoms with Gasteiger partial charge in [-0.05, 0) is 35.4 Å². The SMILES string of the molecule is CN(Cc1cccc(Br)c1)C(=O)Cc1ccc(S)cc1. The van der Waals surface area contributed by atoms with E-state index in [4.69, 9.17) is 0 Å². The van der Waals surface area contributed by atoms with Gasteiger partial charge in [0.25, 0.3) is 0 Å². The van der Waals surface area contributed by atoms with Gasteiger partial charge in [-0.2, -0.15) is 0 Å². The van der Waals surface area contributed by atoms with Crippen LogP contribution in [-0.4, -0.2) is 17.9 Å². The van der Waals surface area contributed by atoms with E-state index in [0.717, 1.165) is 20.5 Å². The summed E-state index contributed by atoms with van der Waals surface area (Å²) in [6.07, 6.45) is 0.415. The van der Waals surface area contributed by atoms with Gasteiger partial charge in [0, 0.05) is 23.0 Å². The Morgan fingerprint density at radius 2 is 1.85 bits per heavy atom. The highest BCUT2D eigenvalue weighted by atomic mass is 79.9. The Hall–Kier alpha value is -1.26. The molecule has 0 unspecified atom stereocenters. The van der Waals surface area contributed by atoms with E-state index < -0.39 is 0 Å². The number of rotatable bonds is 4. The van der Waals surface area contributed by atoms with Gasteiger partial charge in [0.05, 0.1) is 6.42 Å². The van der Waals surface area contributed by atoms with Crippen molar-refractivity contribution in [3.8, 4) is 0 Å². The number of hydrogen-bond acceptors (Lipinski definition) is 2. The molecule has 104 valence electrons. The van der Waals surface area contributed by atoms with Crippen molar-refractivity contribution < 1.29 is 4.79 Å². The number of hydrogen-bond donors (Lipinski definition) is 1. The van der Waals surface area contributed by atoms with Gasteiger partial charge in [-0.1, -0.05) is 40.2 Å². The highest BCUT2D eigenvalue weighted by Gasteiger charge is 2.10. The van der Waals surface area contributed by atoms with Gasteiger partial charge in [0.1, 0.15) is 0 Å². The monoisotopic (exact) mass is 349 g/mol. The number of carbonyl (C=O) groups excluding carboxylic acids is 1. The first-order valence-corrected chi connectivity index (χ1v) is 7.55. The molecule has 20 heavy (non-hydrogen) atoms. The Kier molecular flexibility index (Phi) is 5.26. The Bertz CT molecular complexity index is 598. The molecule has 2 aromatic carbocycles. The largest absolute Gasteiger partial charge is 0.341 e. The molecular formula is C16H16BrNOS. The molecule has 0 fully saturated rings. The average molecular weight is 350 g/mol. The van der Waals surface area contributed by atoms with Crippen molar-refractivity contribution in [3.05, 3.63) is 64.1 Å². The minimum atomic E-state index is 0.108. The van der Waals surface area contributed by atoms with Gasteiger partial charge < -0.3 is 4.90 Å². The number of amides is 1. The van der Waals surface area contributed by atoms with Crippen LogP contribution in [0.3, 0.4) is 0 Å². The lowest BCUT2D eigenvalue weighted by Gasteiger charge is -2.17. The normalized spacial score (nSPS) is 10.3. The molecule has 0 radical (unpaired) electrons. The molecule has 1 amide bonds. The van der Waals surface area contributed by atoms with E-state index in [1.807, 2.05) is 55.6 Å². The van der Waals surface area contributed by atoms with Gasteiger partial charge in [0.15, 0.2) is 0 Å². The molecule has 2 aromatic rings. The molecule has 0 saturated heterocycles. The lowest BCUT2D eigenvalue weighted by molar-refractivity contribution is -0.129. The number of halogens is 1. The molecule has 0 aliphatic carbocycles. The number of benzene rings is 2. The molecule has 0 saturated carbocycles. The van der Waals surface area contributed by atoms with Gasteiger partial charge in [-0.15, -0.1) is 12.6 Å². The van der Waals surface area contributed by atoms with Crippen LogP contribution < -0.4 is 0 Å². The Labute approximate surface area is 133 Å². The minimum Gasteiger partial charge on any atom is -0.341 e. The first-order chi connectivity index (χ1) is 9.54. The molecule has 0 aliphatic heterocycles. The smallest absolute Gasteiger partial charge is 0.227 e. The van der Waals surface area contributed by atoms with Crippen LogP contribution in [0.25, 0.3) is 0 Å². The van der Waals surface area contributed by atoms with Crippen molar-refractivity contribution in [2.24, 2.45) is 0 Å². The predicted molar refractivity (Wildman–Crippen MR) is 88.0 cm³/mol. The van der Waals surface area contributed by atoms with Crippen molar-refractivity contribution in [2.75, 3.05) is 7.05 Å². The number of thiol groups is 1. The zero-order valence-electron chi connectivity index (χ0n) is 11.2. The molecule has 0 heterocycles. The summed E-state index contributed by atoms with van der Waals surface area (Å²) < 4.78 is 1.03. The van der Waals surface area contributed by atoms with Crippen LogP contribution in [0.5, 0.6) is 0 Å². The molecular weight excluding hydrogens is 334 g/mol. The zero-order valence-corrected chi connectivity index (χ0v) is 13.7. The quantitative estimate of drug-likeness (QED) is 0.829. The maximum atomic E-state index is 12.2. The standard InChI is InChI=1S/C16H16BrNOS/c1-18(11-13-3-2-4-14(17)9-13)16(19)10-12-5-7-15(20)8-6-12/h2-9,20H,10-11H2,1H3. The molecule has 0 spiro atoms. The topological polar surface area (TPSA) is 20.3 Å². The van der Waals surface area contributed by atoms with Gasteiger partial charge in [-0.25, -0.2) is 0 Å². The van der Waals surface area contributed by atoms with E-state index in [2.05, 4.69) is 28.6 Å². The van der Waals surface area contributed by atoms with Crippen LogP contribution in [0.1, 0.15) is 11.1 Å². The van der Waals surface area contributed by atoms with E-state index in [0.29, 0.717) is 13.0 Å². The van der Waals surface area contributed by atoms with Crippen LogP contribution >= 0.6 is 28.6 Å². The summed E-state index contributed by atoms with van der Waals surface area (Å²) in [7, 11) is 1.83. The second kappa shape index (κ2) is 6.95. The highest BCUT2D eigenvalue weighted by molar-refractivity contribution is 9.10. The maximum absolute atomic E-state index is 12.2. The third-order valence-electron chi connectivity index (χ3n) is 3.03. The summed E-state index contributed by atoms with van der Waals surface area (Å²) in [5.74, 6) is 0.108. The van der Waals surface area contributed by atoms with E-state index in [1.54, 1.807) is 4.90 Å². The Morgan fingerprint density at radius 1 is 1.15 bits per heavy atom. The number of likely N-dealkylation sites (N-methyl/N-ethyl adjacent to an activating group) is 1. The highest BCUT2D eigenvalue weighted by Crippen LogP contribution is 2.14. The third-order valence-corrected chi connectivity index (χ3v) is 3.82. The van der Waals surface area contributed by atoms with Crippen LogP contribution in [0.4, 0.5) is 0 Å². The van der Waals surface area contributed by atoms with E-state index >= 15 is 0 Å². The predicted octanol–water partition coefficient (Wildman–Crippen LogP) is 3.94. The first-order valence-electron chi connectivity index (χ1n) is 6.31. The van der Waals surface area contributed by atoms with Crippen molar-refractivity contribution in [1.82, 2.24) is 4.90 Å². The average Bonchev–Trinajstić information content (AvgIpc) is 2.41. The molecule has 0 aliphatic rings. The number of nitrogens with zero attached hydrogens (tertiary/aromatic N) is 1. The maximum Gasteiger partial charge on any atom is 0.227 e. The third kappa shape index (κ3) is 4.39. The Morgan fingerprint density at radius 3 is 2.50 bits per heavy atom. The summed E-state index contributed by atoms with van der Waals surface area (Å²) >= 11 is 7.68. The van der Waals surface area contributed by atoms with Crippen molar-refractivity contribution >= 4 is 34.5 Å². The van der Waals surface area contributed by atoms with Gasteiger partial charge in [-0.3, -0.25) is 4.79 Å². The van der Waals surface area contributed by atoms with Gasteiger partial charge in [0.2, 0.25) is 5.91 Å². The summed E-state index contributed by atoms with van der Waals surface area (Å²) in [6, 6.07) is 15.7. The molecule has 2 nitrogen and oxygen atoms in total. The first kappa shape index (κ1) is 15.1. The summed E-state index contributed by atoms with van der Waals surface area (Å²) in [4.78, 5) is 14.8. The van der Waals surface area contributed by atoms with Crippen molar-refractivity contribution in [1.29, 1.82) is 0 Å². The van der Waals surface area contributed by atoms with Crippen LogP contribution in [0, 0.1) is 0 Å². The lowest BCUT2D eigenvalue weighted by Crippen LogP contribution is -2.27. The van der Waals surface area contributed by atoms with E-state index in [9.17, 15) is 4.79 Å². The molecule has 0 bridgehead atoms. The van der Waals surface area contributed by atoms with Crippen molar-refractivity contribution in [2.45, 2.75) is 17.9 Å². The van der Waals surface area contributed by atoms with E-state index in [1.165, 1.54) is 0 Å². The summed E-state index contributed by atoms with van der Waals surface area (Å²) in [6.45, 7) is 0.614. The minimum absolute atomic E-state index is 0.108. The van der Waals surface area contributed by atoms with Crippen LogP contribution in [0.15, 0.2) is 57.9 Å². The Balaban J connectivity index is 1.96. The molecule has 0 aromatic heterocycles. The fourth-order valence-corrected chi connectivity index (χ4v) is 2.52. The van der Waals surface area contributed by atoms with E-state index in [-0.39, 0.29) is 5.91 Å². The van der Waals surface area contributed by atoms with Crippen LogP contribution in [-0.2, 0) is 17.8 Å². The summed E-state index contributed by atoms with van der Waals surface area (Å²) in [5, 5.41) is 0. The van der Waals surface area contributed by atoms with Gasteiger partial charge >= 0.3 is 0 Å². The van der Waals surface area contributed by atoms with Crippen molar-refractivity contribution in [3.63, 3.8) is 0 Å². The second-order valence-corrected chi connectivity index (χ2v) is 6.16. The lowest BCUT2D eigenvalue weighted by atomic mass is 10.1. The molecule has 2 rings (SSSR count). The fraction of sp³-hybridized carbons (Fsp3) is 0.188. The second-order valence-electron chi connectivity index (χ2n) is 4.72. The fourth-order valence-electron chi connectivity index (χ4n) is 1.92. The summed E-state index contributed by atoms with van der Waals surface area (Å²) in [5.41, 5.74) is 2.12.